The van der Waals surface area contributed by atoms with Crippen LogP contribution in [0.3, 0.4) is 0 Å². The minimum absolute atomic E-state index is 0.239. The molecule has 4 rings (SSSR count). The van der Waals surface area contributed by atoms with Gasteiger partial charge in [-0.15, -0.1) is 0 Å². The zero-order valence-corrected chi connectivity index (χ0v) is 20.2. The Morgan fingerprint density at radius 3 is 2.24 bits per heavy atom. The fraction of sp³-hybridized carbons (Fsp3) is 0.192. The van der Waals surface area contributed by atoms with Gasteiger partial charge in [-0.25, -0.2) is 0 Å². The molecule has 0 saturated heterocycles. The topological polar surface area (TPSA) is 85.9 Å². The van der Waals surface area contributed by atoms with Gasteiger partial charge in [0.1, 0.15) is 5.75 Å². The van der Waals surface area contributed by atoms with Crippen LogP contribution in [0.1, 0.15) is 25.0 Å². The number of carbonyl (C=O) groups excluding carboxylic acids is 1. The fourth-order valence-corrected chi connectivity index (χ4v) is 5.40. The van der Waals surface area contributed by atoms with Gasteiger partial charge >= 0.3 is 7.60 Å². The van der Waals surface area contributed by atoms with Crippen LogP contribution in [-0.4, -0.2) is 26.2 Å². The molecule has 0 aromatic heterocycles. The third-order valence-corrected chi connectivity index (χ3v) is 7.44. The summed E-state index contributed by atoms with van der Waals surface area (Å²) in [5.41, 5.74) is 3.95. The molecule has 0 radical (unpaired) electrons. The molecule has 0 fully saturated rings. The zero-order chi connectivity index (χ0) is 24.1. The van der Waals surface area contributed by atoms with Gasteiger partial charge in [0.05, 0.1) is 36.9 Å². The standard InChI is InChI=1S/C26H27N2O5P/c1-4-32-34(30,33-5-2)21-15-16-23-22(17-21)24(26(29)28-23)25(18-9-7-6-8-10-18)27-19-11-13-20(31-3)14-12-19/h6-17,27H,4-5H2,1-3H3,(H,28,29). The second-order valence-electron chi connectivity index (χ2n) is 7.49. The number of hydrogen-bond donors (Lipinski definition) is 2. The molecule has 0 spiro atoms. The summed E-state index contributed by atoms with van der Waals surface area (Å²) in [6.45, 7) is 4.01. The molecule has 2 N–H and O–H groups in total. The van der Waals surface area contributed by atoms with Crippen LogP contribution in [0, 0.1) is 0 Å². The van der Waals surface area contributed by atoms with Crippen LogP contribution in [0.15, 0.2) is 72.8 Å². The van der Waals surface area contributed by atoms with E-state index in [-0.39, 0.29) is 19.1 Å². The Labute approximate surface area is 199 Å². The summed E-state index contributed by atoms with van der Waals surface area (Å²) in [6.07, 6.45) is 0. The Morgan fingerprint density at radius 2 is 1.62 bits per heavy atom. The van der Waals surface area contributed by atoms with Gasteiger partial charge in [-0.1, -0.05) is 30.3 Å². The van der Waals surface area contributed by atoms with Gasteiger partial charge < -0.3 is 24.4 Å². The number of anilines is 2. The molecule has 1 aliphatic rings. The predicted octanol–water partition coefficient (Wildman–Crippen LogP) is 5.52. The molecule has 1 aliphatic heterocycles. The van der Waals surface area contributed by atoms with Crippen molar-refractivity contribution in [1.29, 1.82) is 0 Å². The first-order valence-electron chi connectivity index (χ1n) is 11.0. The van der Waals surface area contributed by atoms with Gasteiger partial charge in [0.25, 0.3) is 5.91 Å². The maximum absolute atomic E-state index is 13.4. The van der Waals surface area contributed by atoms with Crippen molar-refractivity contribution >= 4 is 41.5 Å². The minimum Gasteiger partial charge on any atom is -0.497 e. The average molecular weight is 478 g/mol. The first-order valence-corrected chi connectivity index (χ1v) is 12.6. The lowest BCUT2D eigenvalue weighted by molar-refractivity contribution is -0.110. The maximum Gasteiger partial charge on any atom is 0.361 e. The van der Waals surface area contributed by atoms with E-state index in [9.17, 15) is 9.36 Å². The molecule has 8 heteroatoms. The maximum atomic E-state index is 13.4. The third kappa shape index (κ3) is 4.77. The summed E-state index contributed by atoms with van der Waals surface area (Å²) in [5, 5.41) is 6.72. The third-order valence-electron chi connectivity index (χ3n) is 5.33. The van der Waals surface area contributed by atoms with E-state index in [2.05, 4.69) is 10.6 Å². The molecule has 3 aromatic carbocycles. The highest BCUT2D eigenvalue weighted by Crippen LogP contribution is 2.48. The Bertz CT molecular complexity index is 1250. The number of hydrogen-bond acceptors (Lipinski definition) is 6. The molecule has 0 bridgehead atoms. The second-order valence-corrected chi connectivity index (χ2v) is 9.51. The highest BCUT2D eigenvalue weighted by atomic mass is 31.2. The van der Waals surface area contributed by atoms with Crippen LogP contribution >= 0.6 is 7.60 Å². The predicted molar refractivity (Wildman–Crippen MR) is 135 cm³/mol. The van der Waals surface area contributed by atoms with Gasteiger partial charge in [-0.05, 0) is 61.9 Å². The molecule has 0 saturated carbocycles. The lowest BCUT2D eigenvalue weighted by Gasteiger charge is -2.18. The van der Waals surface area contributed by atoms with Crippen molar-refractivity contribution in [3.8, 4) is 5.75 Å². The molecule has 176 valence electrons. The van der Waals surface area contributed by atoms with Gasteiger partial charge in [-0.3, -0.25) is 9.36 Å². The van der Waals surface area contributed by atoms with Crippen LogP contribution in [0.25, 0.3) is 11.3 Å². The molecule has 1 heterocycles. The van der Waals surface area contributed by atoms with Crippen molar-refractivity contribution in [3.05, 3.63) is 83.9 Å². The van der Waals surface area contributed by atoms with Gasteiger partial charge in [0.2, 0.25) is 0 Å². The highest BCUT2D eigenvalue weighted by Gasteiger charge is 2.33. The lowest BCUT2D eigenvalue weighted by Crippen LogP contribution is -2.12. The summed E-state index contributed by atoms with van der Waals surface area (Å²) >= 11 is 0. The van der Waals surface area contributed by atoms with E-state index in [4.69, 9.17) is 13.8 Å². The molecule has 3 aromatic rings. The Kier molecular flexibility index (Phi) is 7.17. The summed E-state index contributed by atoms with van der Waals surface area (Å²) < 4.78 is 29.7. The van der Waals surface area contributed by atoms with E-state index in [1.54, 1.807) is 39.2 Å². The summed E-state index contributed by atoms with van der Waals surface area (Å²) in [5.74, 6) is 0.477. The molecular weight excluding hydrogens is 451 g/mol. The van der Waals surface area contributed by atoms with Crippen LogP contribution in [-0.2, 0) is 18.4 Å². The van der Waals surface area contributed by atoms with E-state index in [1.165, 1.54) is 0 Å². The highest BCUT2D eigenvalue weighted by molar-refractivity contribution is 7.62. The van der Waals surface area contributed by atoms with Crippen molar-refractivity contribution in [2.24, 2.45) is 0 Å². The number of amides is 1. The number of benzene rings is 3. The van der Waals surface area contributed by atoms with Crippen molar-refractivity contribution < 1.29 is 23.1 Å². The number of fused-ring (bicyclic) bond motifs is 1. The first kappa shape index (κ1) is 23.8. The SMILES string of the molecule is CCOP(=O)(OCC)c1ccc2c(c1)C(=C(Nc1ccc(OC)cc1)c1ccccc1)C(=O)N2. The number of nitrogens with one attached hydrogen (secondary N) is 2. The number of methoxy groups -OCH3 is 1. The van der Waals surface area contributed by atoms with Crippen molar-refractivity contribution in [1.82, 2.24) is 0 Å². The number of rotatable bonds is 9. The Balaban J connectivity index is 1.87. The zero-order valence-electron chi connectivity index (χ0n) is 19.3. The Hall–Kier alpha value is -3.38. The number of carbonyl (C=O) groups is 1. The van der Waals surface area contributed by atoms with E-state index in [1.807, 2.05) is 54.6 Å². The molecule has 7 nitrogen and oxygen atoms in total. The van der Waals surface area contributed by atoms with E-state index in [0.717, 1.165) is 17.0 Å². The van der Waals surface area contributed by atoms with Crippen molar-refractivity contribution in [2.45, 2.75) is 13.8 Å². The molecule has 34 heavy (non-hydrogen) atoms. The smallest absolute Gasteiger partial charge is 0.361 e. The van der Waals surface area contributed by atoms with Crippen LogP contribution in [0.2, 0.25) is 0 Å². The van der Waals surface area contributed by atoms with Gasteiger partial charge in [0, 0.05) is 16.9 Å². The van der Waals surface area contributed by atoms with E-state index < -0.39 is 7.60 Å². The summed E-state index contributed by atoms with van der Waals surface area (Å²) in [6, 6.07) is 22.2. The monoisotopic (exact) mass is 478 g/mol. The summed E-state index contributed by atoms with van der Waals surface area (Å²) in [7, 11) is -1.91. The van der Waals surface area contributed by atoms with Crippen molar-refractivity contribution in [3.63, 3.8) is 0 Å². The Morgan fingerprint density at radius 1 is 0.941 bits per heavy atom. The van der Waals surface area contributed by atoms with Crippen LogP contribution in [0.5, 0.6) is 5.75 Å². The molecule has 1 amide bonds. The largest absolute Gasteiger partial charge is 0.497 e. The average Bonchev–Trinajstić information content (AvgIpc) is 3.18. The quantitative estimate of drug-likeness (QED) is 0.311. The van der Waals surface area contributed by atoms with Crippen molar-refractivity contribution in [2.75, 3.05) is 31.0 Å². The van der Waals surface area contributed by atoms with Crippen LogP contribution < -0.4 is 20.7 Å². The second kappa shape index (κ2) is 10.3. The molecule has 0 unspecified atom stereocenters. The molecule has 0 atom stereocenters. The van der Waals surface area contributed by atoms with Crippen LogP contribution in [0.4, 0.5) is 11.4 Å². The van der Waals surface area contributed by atoms with Gasteiger partial charge in [-0.2, -0.15) is 0 Å². The first-order chi connectivity index (χ1) is 16.5. The van der Waals surface area contributed by atoms with Gasteiger partial charge in [0.15, 0.2) is 0 Å². The lowest BCUT2D eigenvalue weighted by atomic mass is 10.00. The van der Waals surface area contributed by atoms with E-state index in [0.29, 0.717) is 27.8 Å². The molecule has 0 aliphatic carbocycles. The fourth-order valence-electron chi connectivity index (χ4n) is 3.80. The minimum atomic E-state index is -3.52. The molecular formula is C26H27N2O5P. The summed E-state index contributed by atoms with van der Waals surface area (Å²) in [4.78, 5) is 13.2. The number of ether oxygens (including phenoxy) is 1. The normalized spacial score (nSPS) is 14.4. The van der Waals surface area contributed by atoms with E-state index >= 15 is 0 Å².